The molecule has 0 aromatic rings. The number of alkyl halides is 2. The molecule has 0 fully saturated rings. The Labute approximate surface area is 64.1 Å². The van der Waals surface area contributed by atoms with Crippen molar-refractivity contribution in [1.82, 2.24) is 0 Å². The van der Waals surface area contributed by atoms with Crippen molar-refractivity contribution in [2.24, 2.45) is 0 Å². The van der Waals surface area contributed by atoms with E-state index in [-0.39, 0.29) is 6.42 Å². The average Bonchev–Trinajstić information content (AvgIpc) is 1.62. The van der Waals surface area contributed by atoms with Gasteiger partial charge in [0.25, 0.3) is 0 Å². The van der Waals surface area contributed by atoms with Crippen molar-refractivity contribution in [3.05, 3.63) is 0 Å². The minimum absolute atomic E-state index is 0.0204. The number of hydrogen-bond donors (Lipinski definition) is 0. The van der Waals surface area contributed by atoms with Crippen molar-refractivity contribution in [2.75, 3.05) is 7.11 Å². The molecule has 0 aliphatic carbocycles. The van der Waals surface area contributed by atoms with Crippen LogP contribution in [0.25, 0.3) is 0 Å². The highest BCUT2D eigenvalue weighted by molar-refractivity contribution is 6.48. The van der Waals surface area contributed by atoms with Crippen LogP contribution in [0.3, 0.4) is 0 Å². The Kier molecular flexibility index (Phi) is 3.30. The van der Waals surface area contributed by atoms with E-state index in [0.717, 1.165) is 0 Å². The van der Waals surface area contributed by atoms with Crippen LogP contribution in [-0.4, -0.2) is 17.4 Å². The Balaban J connectivity index is 3.60. The van der Waals surface area contributed by atoms with Crippen molar-refractivity contribution < 1.29 is 9.53 Å². The van der Waals surface area contributed by atoms with Crippen LogP contribution in [0.4, 0.5) is 0 Å². The molecule has 0 rings (SSSR count). The number of hydrogen-bond acceptors (Lipinski definition) is 2. The minimum Gasteiger partial charge on any atom is -0.469 e. The first kappa shape index (κ1) is 9.05. The van der Waals surface area contributed by atoms with Crippen LogP contribution in [0, 0.1) is 0 Å². The summed E-state index contributed by atoms with van der Waals surface area (Å²) in [4.78, 5) is 10.4. The van der Waals surface area contributed by atoms with Gasteiger partial charge in [-0.05, 0) is 6.92 Å². The van der Waals surface area contributed by atoms with Crippen LogP contribution in [0.15, 0.2) is 0 Å². The lowest BCUT2D eigenvalue weighted by Crippen LogP contribution is -2.14. The Morgan fingerprint density at radius 3 is 2.22 bits per heavy atom. The van der Waals surface area contributed by atoms with Crippen LogP contribution in [0.1, 0.15) is 13.3 Å². The van der Waals surface area contributed by atoms with Crippen molar-refractivity contribution in [3.8, 4) is 0 Å². The first-order valence-electron chi connectivity index (χ1n) is 2.40. The van der Waals surface area contributed by atoms with E-state index in [9.17, 15) is 4.79 Å². The second kappa shape index (κ2) is 3.28. The zero-order chi connectivity index (χ0) is 7.49. The maximum atomic E-state index is 10.4. The van der Waals surface area contributed by atoms with Gasteiger partial charge in [0.2, 0.25) is 0 Å². The molecule has 0 saturated carbocycles. The normalized spacial score (nSPS) is 11.1. The monoisotopic (exact) mass is 170 g/mol. The first-order chi connectivity index (χ1) is 3.95. The van der Waals surface area contributed by atoms with Crippen LogP contribution in [-0.2, 0) is 9.53 Å². The molecule has 2 nitrogen and oxygen atoms in total. The fraction of sp³-hybridized carbons (Fsp3) is 0.800. The predicted molar refractivity (Wildman–Crippen MR) is 36.7 cm³/mol. The van der Waals surface area contributed by atoms with Crippen molar-refractivity contribution in [3.63, 3.8) is 0 Å². The largest absolute Gasteiger partial charge is 0.469 e. The van der Waals surface area contributed by atoms with Gasteiger partial charge < -0.3 is 4.74 Å². The summed E-state index contributed by atoms with van der Waals surface area (Å²) in [6, 6.07) is 0. The van der Waals surface area contributed by atoms with Crippen LogP contribution < -0.4 is 0 Å². The van der Waals surface area contributed by atoms with Gasteiger partial charge in [-0.1, -0.05) is 0 Å². The van der Waals surface area contributed by atoms with Gasteiger partial charge in [0, 0.05) is 0 Å². The highest BCUT2D eigenvalue weighted by Crippen LogP contribution is 2.23. The van der Waals surface area contributed by atoms with E-state index < -0.39 is 10.3 Å². The maximum Gasteiger partial charge on any atom is 0.308 e. The third-order valence-corrected chi connectivity index (χ3v) is 0.950. The van der Waals surface area contributed by atoms with Crippen molar-refractivity contribution in [1.29, 1.82) is 0 Å². The molecule has 0 aliphatic rings. The Hall–Kier alpha value is 0.0500. The third kappa shape index (κ3) is 5.93. The smallest absolute Gasteiger partial charge is 0.308 e. The SMILES string of the molecule is COC(=O)CC(C)(Cl)Cl. The Bertz CT molecular complexity index is 106. The van der Waals surface area contributed by atoms with Crippen LogP contribution >= 0.6 is 23.2 Å². The molecular formula is C5H8Cl2O2. The molecule has 0 unspecified atom stereocenters. The highest BCUT2D eigenvalue weighted by atomic mass is 35.5. The molecule has 0 aromatic carbocycles. The minimum atomic E-state index is -1.01. The highest BCUT2D eigenvalue weighted by Gasteiger charge is 2.21. The molecule has 0 bridgehead atoms. The topological polar surface area (TPSA) is 26.3 Å². The van der Waals surface area contributed by atoms with Gasteiger partial charge in [-0.25, -0.2) is 0 Å². The fourth-order valence-corrected chi connectivity index (χ4v) is 0.544. The maximum absolute atomic E-state index is 10.4. The molecule has 0 atom stereocenters. The lowest BCUT2D eigenvalue weighted by atomic mass is 10.3. The van der Waals surface area contributed by atoms with Gasteiger partial charge in [0.15, 0.2) is 0 Å². The van der Waals surface area contributed by atoms with Crippen molar-refractivity contribution in [2.45, 2.75) is 17.7 Å². The molecular weight excluding hydrogens is 163 g/mol. The summed E-state index contributed by atoms with van der Waals surface area (Å²) in [7, 11) is 1.29. The molecule has 0 amide bonds. The summed E-state index contributed by atoms with van der Waals surface area (Å²) < 4.78 is 3.31. The standard InChI is InChI=1S/C5H8Cl2O2/c1-5(6,7)3-4(8)9-2/h3H2,1-2H3. The van der Waals surface area contributed by atoms with E-state index in [1.807, 2.05) is 0 Å². The second-order valence-corrected chi connectivity index (χ2v) is 3.68. The molecule has 54 valence electrons. The Morgan fingerprint density at radius 2 is 2.11 bits per heavy atom. The summed E-state index contributed by atoms with van der Waals surface area (Å²) >= 11 is 10.9. The number of carbonyl (C=O) groups excluding carboxylic acids is 1. The number of esters is 1. The van der Waals surface area contributed by atoms with Crippen molar-refractivity contribution >= 4 is 29.2 Å². The average molecular weight is 171 g/mol. The number of halogens is 2. The number of methoxy groups -OCH3 is 1. The van der Waals surface area contributed by atoms with Gasteiger partial charge in [0.1, 0.15) is 4.33 Å². The molecule has 0 aliphatic heterocycles. The molecule has 0 saturated heterocycles. The molecule has 0 heterocycles. The zero-order valence-electron chi connectivity index (χ0n) is 5.28. The first-order valence-corrected chi connectivity index (χ1v) is 3.16. The van der Waals surface area contributed by atoms with E-state index in [0.29, 0.717) is 0 Å². The molecule has 0 radical (unpaired) electrons. The number of ether oxygens (including phenoxy) is 1. The summed E-state index contributed by atoms with van der Waals surface area (Å²) in [6.07, 6.45) is 0.0204. The lowest BCUT2D eigenvalue weighted by molar-refractivity contribution is -0.140. The van der Waals surface area contributed by atoms with E-state index in [2.05, 4.69) is 4.74 Å². The van der Waals surface area contributed by atoms with Gasteiger partial charge >= 0.3 is 5.97 Å². The molecule has 9 heavy (non-hydrogen) atoms. The van der Waals surface area contributed by atoms with Gasteiger partial charge in [0.05, 0.1) is 13.5 Å². The van der Waals surface area contributed by atoms with E-state index in [1.54, 1.807) is 0 Å². The van der Waals surface area contributed by atoms with E-state index in [4.69, 9.17) is 23.2 Å². The van der Waals surface area contributed by atoms with Crippen LogP contribution in [0.5, 0.6) is 0 Å². The third-order valence-electron chi connectivity index (χ3n) is 0.682. The van der Waals surface area contributed by atoms with Crippen LogP contribution in [0.2, 0.25) is 0 Å². The lowest BCUT2D eigenvalue weighted by Gasteiger charge is -2.09. The second-order valence-electron chi connectivity index (χ2n) is 1.82. The van der Waals surface area contributed by atoms with Gasteiger partial charge in [-0.3, -0.25) is 4.79 Å². The predicted octanol–water partition coefficient (Wildman–Crippen LogP) is 1.74. The molecule has 0 N–H and O–H groups in total. The van der Waals surface area contributed by atoms with E-state index >= 15 is 0 Å². The fourth-order valence-electron chi connectivity index (χ4n) is 0.326. The zero-order valence-corrected chi connectivity index (χ0v) is 6.79. The van der Waals surface area contributed by atoms with Gasteiger partial charge in [-0.15, -0.1) is 23.2 Å². The quantitative estimate of drug-likeness (QED) is 0.467. The molecule has 4 heteroatoms. The molecule has 0 spiro atoms. The summed E-state index contributed by atoms with van der Waals surface area (Å²) in [5.74, 6) is -0.400. The number of carbonyl (C=O) groups is 1. The summed E-state index contributed by atoms with van der Waals surface area (Å²) in [5.41, 5.74) is 0. The Morgan fingerprint density at radius 1 is 1.67 bits per heavy atom. The summed E-state index contributed by atoms with van der Waals surface area (Å²) in [5, 5.41) is 0. The van der Waals surface area contributed by atoms with Gasteiger partial charge in [-0.2, -0.15) is 0 Å². The summed E-state index contributed by atoms with van der Waals surface area (Å²) in [6.45, 7) is 1.53. The molecule has 0 aromatic heterocycles. The van der Waals surface area contributed by atoms with E-state index in [1.165, 1.54) is 14.0 Å². The number of rotatable bonds is 2.